The van der Waals surface area contributed by atoms with Gasteiger partial charge in [0.05, 0.1) is 24.8 Å². The highest BCUT2D eigenvalue weighted by Gasteiger charge is 2.30. The quantitative estimate of drug-likeness (QED) is 0.739. The van der Waals surface area contributed by atoms with Gasteiger partial charge in [-0.05, 0) is 25.0 Å². The number of rotatable bonds is 1. The van der Waals surface area contributed by atoms with Gasteiger partial charge in [0.1, 0.15) is 0 Å². The van der Waals surface area contributed by atoms with E-state index in [1.54, 1.807) is 17.3 Å². The molecule has 1 atom stereocenters. The highest BCUT2D eigenvalue weighted by molar-refractivity contribution is 5.97. The first kappa shape index (κ1) is 10.1. The van der Waals surface area contributed by atoms with Crippen LogP contribution >= 0.6 is 0 Å². The van der Waals surface area contributed by atoms with E-state index in [9.17, 15) is 9.90 Å². The number of hydrogen-bond acceptors (Lipinski definition) is 3. The van der Waals surface area contributed by atoms with Crippen molar-refractivity contribution in [2.24, 2.45) is 0 Å². The van der Waals surface area contributed by atoms with Crippen molar-refractivity contribution < 1.29 is 9.90 Å². The van der Waals surface area contributed by atoms with Gasteiger partial charge in [-0.25, -0.2) is 0 Å². The molecule has 80 valence electrons. The molecule has 1 aliphatic heterocycles. The van der Waals surface area contributed by atoms with Crippen molar-refractivity contribution in [2.75, 3.05) is 11.4 Å². The Balaban J connectivity index is 2.41. The van der Waals surface area contributed by atoms with E-state index in [1.165, 1.54) is 0 Å². The van der Waals surface area contributed by atoms with Gasteiger partial charge in [-0.3, -0.25) is 9.78 Å². The van der Waals surface area contributed by atoms with Crippen LogP contribution < -0.4 is 4.90 Å². The summed E-state index contributed by atoms with van der Waals surface area (Å²) in [5.41, 5.74) is 2.83. The Hall–Kier alpha value is -1.42. The molecule has 0 spiro atoms. The van der Waals surface area contributed by atoms with E-state index < -0.39 is 6.10 Å². The SMILES string of the molecule is Cc1cncc(C)c1N1CC(O)CC1=O. The van der Waals surface area contributed by atoms with Crippen molar-refractivity contribution in [1.29, 1.82) is 0 Å². The third-order valence-corrected chi connectivity index (χ3v) is 2.66. The van der Waals surface area contributed by atoms with Gasteiger partial charge in [-0.2, -0.15) is 0 Å². The molecule has 1 aromatic heterocycles. The number of aryl methyl sites for hydroxylation is 2. The van der Waals surface area contributed by atoms with Crippen molar-refractivity contribution >= 4 is 11.6 Å². The van der Waals surface area contributed by atoms with Crippen LogP contribution in [0, 0.1) is 13.8 Å². The zero-order valence-corrected chi connectivity index (χ0v) is 8.90. The van der Waals surface area contributed by atoms with Crippen molar-refractivity contribution in [3.63, 3.8) is 0 Å². The minimum Gasteiger partial charge on any atom is -0.391 e. The highest BCUT2D eigenvalue weighted by atomic mass is 16.3. The number of aromatic nitrogens is 1. The van der Waals surface area contributed by atoms with Gasteiger partial charge in [-0.15, -0.1) is 0 Å². The molecule has 2 rings (SSSR count). The maximum absolute atomic E-state index is 11.6. The standard InChI is InChI=1S/C11H14N2O2/c1-7-4-12-5-8(2)11(7)13-6-9(14)3-10(13)15/h4-5,9,14H,3,6H2,1-2H3. The van der Waals surface area contributed by atoms with Gasteiger partial charge in [-0.1, -0.05) is 0 Å². The second-order valence-corrected chi connectivity index (χ2v) is 3.98. The zero-order valence-electron chi connectivity index (χ0n) is 8.90. The molecule has 1 amide bonds. The lowest BCUT2D eigenvalue weighted by Gasteiger charge is -2.20. The van der Waals surface area contributed by atoms with Gasteiger partial charge in [0.2, 0.25) is 5.91 Å². The summed E-state index contributed by atoms with van der Waals surface area (Å²) in [6.45, 7) is 4.24. The van der Waals surface area contributed by atoms with E-state index >= 15 is 0 Å². The molecule has 4 heteroatoms. The number of carbonyl (C=O) groups is 1. The Morgan fingerprint density at radius 2 is 2.00 bits per heavy atom. The molecule has 4 nitrogen and oxygen atoms in total. The lowest BCUT2D eigenvalue weighted by Crippen LogP contribution is -2.26. The molecule has 2 heterocycles. The van der Waals surface area contributed by atoms with Crippen LogP contribution in [0.2, 0.25) is 0 Å². The maximum Gasteiger partial charge on any atom is 0.229 e. The highest BCUT2D eigenvalue weighted by Crippen LogP contribution is 2.27. The van der Waals surface area contributed by atoms with Crippen molar-refractivity contribution in [3.05, 3.63) is 23.5 Å². The number of pyridine rings is 1. The van der Waals surface area contributed by atoms with E-state index in [4.69, 9.17) is 0 Å². The molecule has 1 saturated heterocycles. The first-order chi connectivity index (χ1) is 7.09. The minimum atomic E-state index is -0.538. The molecule has 0 radical (unpaired) electrons. The lowest BCUT2D eigenvalue weighted by atomic mass is 10.1. The maximum atomic E-state index is 11.6. The van der Waals surface area contributed by atoms with E-state index in [-0.39, 0.29) is 12.3 Å². The monoisotopic (exact) mass is 206 g/mol. The fourth-order valence-corrected chi connectivity index (χ4v) is 2.02. The Labute approximate surface area is 88.6 Å². The Bertz CT molecular complexity index is 383. The average Bonchev–Trinajstić information content (AvgIpc) is 2.45. The summed E-state index contributed by atoms with van der Waals surface area (Å²) in [4.78, 5) is 17.3. The number of aliphatic hydroxyl groups is 1. The average molecular weight is 206 g/mol. The fourth-order valence-electron chi connectivity index (χ4n) is 2.02. The molecule has 0 aliphatic carbocycles. The molecule has 0 aromatic carbocycles. The molecule has 1 aliphatic rings. The topological polar surface area (TPSA) is 53.4 Å². The predicted molar refractivity (Wildman–Crippen MR) is 56.7 cm³/mol. The predicted octanol–water partition coefficient (Wildman–Crippen LogP) is 0.796. The summed E-state index contributed by atoms with van der Waals surface area (Å²) in [5.74, 6) is -0.0140. The normalized spacial score (nSPS) is 21.1. The third-order valence-electron chi connectivity index (χ3n) is 2.66. The number of β-amino-alcohol motifs (C(OH)–C–C–N with tert-alkyl or cyclic N) is 1. The summed E-state index contributed by atoms with van der Waals surface area (Å²) in [6, 6.07) is 0. The molecule has 0 bridgehead atoms. The third kappa shape index (κ3) is 1.72. The van der Waals surface area contributed by atoms with E-state index in [1.807, 2.05) is 13.8 Å². The van der Waals surface area contributed by atoms with Gasteiger partial charge in [0.15, 0.2) is 0 Å². The number of amides is 1. The van der Waals surface area contributed by atoms with E-state index in [0.717, 1.165) is 16.8 Å². The summed E-state index contributed by atoms with van der Waals surface area (Å²) in [5, 5.41) is 9.43. The summed E-state index contributed by atoms with van der Waals surface area (Å²) < 4.78 is 0. The Kier molecular flexibility index (Phi) is 2.44. The Morgan fingerprint density at radius 3 is 2.47 bits per heavy atom. The van der Waals surface area contributed by atoms with E-state index in [0.29, 0.717) is 6.54 Å². The molecular formula is C11H14N2O2. The zero-order chi connectivity index (χ0) is 11.0. The van der Waals surface area contributed by atoms with Gasteiger partial charge in [0, 0.05) is 12.4 Å². The van der Waals surface area contributed by atoms with Crippen LogP contribution in [-0.4, -0.2) is 28.6 Å². The second-order valence-electron chi connectivity index (χ2n) is 3.98. The van der Waals surface area contributed by atoms with Gasteiger partial charge >= 0.3 is 0 Å². The van der Waals surface area contributed by atoms with Crippen LogP contribution in [0.4, 0.5) is 5.69 Å². The first-order valence-electron chi connectivity index (χ1n) is 4.99. The summed E-state index contributed by atoms with van der Waals surface area (Å²) in [6.07, 6.45) is 3.16. The molecule has 1 unspecified atom stereocenters. The molecule has 15 heavy (non-hydrogen) atoms. The lowest BCUT2D eigenvalue weighted by molar-refractivity contribution is -0.117. The number of hydrogen-bond donors (Lipinski definition) is 1. The molecule has 1 fully saturated rings. The Morgan fingerprint density at radius 1 is 1.40 bits per heavy atom. The van der Waals surface area contributed by atoms with Gasteiger partial charge in [0.25, 0.3) is 0 Å². The first-order valence-corrected chi connectivity index (χ1v) is 4.99. The van der Waals surface area contributed by atoms with Crippen LogP contribution in [-0.2, 0) is 4.79 Å². The smallest absolute Gasteiger partial charge is 0.229 e. The number of nitrogens with zero attached hydrogens (tertiary/aromatic N) is 2. The molecule has 0 saturated carbocycles. The van der Waals surface area contributed by atoms with Crippen molar-refractivity contribution in [3.8, 4) is 0 Å². The van der Waals surface area contributed by atoms with Crippen LogP contribution in [0.25, 0.3) is 0 Å². The number of carbonyl (C=O) groups excluding carboxylic acids is 1. The second kappa shape index (κ2) is 3.62. The van der Waals surface area contributed by atoms with E-state index in [2.05, 4.69) is 4.98 Å². The number of aliphatic hydroxyl groups excluding tert-OH is 1. The molecular weight excluding hydrogens is 192 g/mol. The minimum absolute atomic E-state index is 0.0140. The van der Waals surface area contributed by atoms with Crippen molar-refractivity contribution in [1.82, 2.24) is 4.98 Å². The number of anilines is 1. The van der Waals surface area contributed by atoms with Crippen LogP contribution in [0.5, 0.6) is 0 Å². The van der Waals surface area contributed by atoms with Gasteiger partial charge < -0.3 is 10.0 Å². The van der Waals surface area contributed by atoms with Crippen LogP contribution in [0.15, 0.2) is 12.4 Å². The largest absolute Gasteiger partial charge is 0.391 e. The fraction of sp³-hybridized carbons (Fsp3) is 0.455. The molecule has 1 N–H and O–H groups in total. The molecule has 1 aromatic rings. The van der Waals surface area contributed by atoms with Crippen LogP contribution in [0.1, 0.15) is 17.5 Å². The summed E-state index contributed by atoms with van der Waals surface area (Å²) in [7, 11) is 0. The van der Waals surface area contributed by atoms with Crippen molar-refractivity contribution in [2.45, 2.75) is 26.4 Å². The van der Waals surface area contributed by atoms with Crippen LogP contribution in [0.3, 0.4) is 0 Å². The summed E-state index contributed by atoms with van der Waals surface area (Å²) >= 11 is 0.